The second-order valence-electron chi connectivity index (χ2n) is 10.4. The topological polar surface area (TPSA) is 30.5 Å². The number of rotatable bonds is 20. The molecule has 0 bridgehead atoms. The molecule has 3 unspecified atom stereocenters. The Hall–Kier alpha value is 0.447. The molecule has 1 saturated heterocycles. The lowest BCUT2D eigenvalue weighted by atomic mass is 10.1. The van der Waals surface area contributed by atoms with Gasteiger partial charge < -0.3 is 8.95 Å². The highest BCUT2D eigenvalue weighted by Crippen LogP contribution is 2.29. The van der Waals surface area contributed by atoms with Crippen LogP contribution in [0.2, 0.25) is 12.1 Å². The molecule has 0 spiro atoms. The normalized spacial score (nSPS) is 23.1. The van der Waals surface area contributed by atoms with E-state index in [1.165, 1.54) is 103 Å². The summed E-state index contributed by atoms with van der Waals surface area (Å²) in [5, 5.41) is 0.491. The maximum atomic E-state index is 6.55. The van der Waals surface area contributed by atoms with Gasteiger partial charge in [0, 0.05) is 18.4 Å². The molecular formula is C27H57NO2SSi. The minimum atomic E-state index is -2.17. The number of thiol groups is 1. The summed E-state index contributed by atoms with van der Waals surface area (Å²) in [4.78, 5) is 0. The molecule has 0 aromatic carbocycles. The van der Waals surface area contributed by atoms with Gasteiger partial charge in [0.2, 0.25) is 0 Å². The van der Waals surface area contributed by atoms with E-state index in [9.17, 15) is 0 Å². The molecule has 1 rings (SSSR count). The molecule has 0 aromatic heterocycles. The predicted molar refractivity (Wildman–Crippen MR) is 147 cm³/mol. The van der Waals surface area contributed by atoms with Gasteiger partial charge in [-0.1, -0.05) is 117 Å². The van der Waals surface area contributed by atoms with E-state index in [4.69, 9.17) is 21.6 Å². The molecule has 3 nitrogen and oxygen atoms in total. The second kappa shape index (κ2) is 20.8. The molecule has 1 aliphatic heterocycles. The number of hydrogen-bond donors (Lipinski definition) is 2. The maximum Gasteiger partial charge on any atom is 0.358 e. The second-order valence-corrected chi connectivity index (χ2v) is 14.5. The third-order valence-electron chi connectivity index (χ3n) is 7.08. The molecular weight excluding hydrogens is 430 g/mol. The summed E-state index contributed by atoms with van der Waals surface area (Å²) in [6, 6.07) is 2.23. The van der Waals surface area contributed by atoms with Crippen LogP contribution in [-0.2, 0) is 8.95 Å². The molecule has 1 aliphatic rings. The van der Waals surface area contributed by atoms with Gasteiger partial charge in [-0.25, -0.2) is 5.48 Å². The van der Waals surface area contributed by atoms with Crippen LogP contribution in [-0.4, -0.2) is 27.0 Å². The van der Waals surface area contributed by atoms with Crippen LogP contribution in [0.5, 0.6) is 0 Å². The van der Waals surface area contributed by atoms with Gasteiger partial charge in [-0.3, -0.25) is 0 Å². The number of unbranched alkanes of at least 4 members (excludes halogenated alkanes) is 13. The molecule has 3 atom stereocenters. The molecule has 1 fully saturated rings. The van der Waals surface area contributed by atoms with Crippen molar-refractivity contribution in [3.05, 3.63) is 0 Å². The smallest absolute Gasteiger partial charge is 0.358 e. The van der Waals surface area contributed by atoms with Crippen molar-refractivity contribution >= 4 is 21.2 Å². The van der Waals surface area contributed by atoms with Crippen molar-refractivity contribution in [1.29, 1.82) is 0 Å². The number of hydrogen-bond acceptors (Lipinski definition) is 4. The zero-order valence-electron chi connectivity index (χ0n) is 22.0. The minimum Gasteiger partial charge on any atom is -0.393 e. The van der Waals surface area contributed by atoms with E-state index in [1.54, 1.807) is 0 Å². The van der Waals surface area contributed by atoms with Crippen molar-refractivity contribution in [2.75, 3.05) is 13.2 Å². The summed E-state index contributed by atoms with van der Waals surface area (Å²) < 4.78 is 12.9. The van der Waals surface area contributed by atoms with Crippen LogP contribution in [0.25, 0.3) is 0 Å². The lowest BCUT2D eigenvalue weighted by Gasteiger charge is -2.34. The first-order chi connectivity index (χ1) is 15.6. The first-order valence-corrected chi connectivity index (χ1v) is 17.1. The van der Waals surface area contributed by atoms with Crippen LogP contribution >= 0.6 is 12.6 Å². The summed E-state index contributed by atoms with van der Waals surface area (Å²) >= 11 is 4.92. The Balaban J connectivity index is 2.32. The van der Waals surface area contributed by atoms with Gasteiger partial charge in [0.25, 0.3) is 0 Å². The summed E-state index contributed by atoms with van der Waals surface area (Å²) in [7, 11) is -2.17. The average Bonchev–Trinajstić information content (AvgIpc) is 2.77. The fourth-order valence-corrected chi connectivity index (χ4v) is 8.43. The van der Waals surface area contributed by atoms with Gasteiger partial charge >= 0.3 is 8.56 Å². The van der Waals surface area contributed by atoms with Gasteiger partial charge in [0.05, 0.1) is 0 Å². The molecule has 1 N–H and O–H groups in total. The summed E-state index contributed by atoms with van der Waals surface area (Å²) in [6.07, 6.45) is 24.1. The third-order valence-corrected chi connectivity index (χ3v) is 11.0. The van der Waals surface area contributed by atoms with E-state index in [2.05, 4.69) is 26.3 Å². The summed E-state index contributed by atoms with van der Waals surface area (Å²) in [5.41, 5.74) is 3.32. The molecule has 32 heavy (non-hydrogen) atoms. The average molecular weight is 488 g/mol. The quantitative estimate of drug-likeness (QED) is 0.102. The van der Waals surface area contributed by atoms with Crippen molar-refractivity contribution in [1.82, 2.24) is 5.48 Å². The third kappa shape index (κ3) is 16.1. The van der Waals surface area contributed by atoms with Crippen molar-refractivity contribution in [3.63, 3.8) is 0 Å². The molecule has 0 aromatic rings. The van der Waals surface area contributed by atoms with Gasteiger partial charge in [0.15, 0.2) is 0 Å². The van der Waals surface area contributed by atoms with Crippen molar-refractivity contribution < 1.29 is 8.95 Å². The number of nitrogens with one attached hydrogen (secondary N) is 1. The van der Waals surface area contributed by atoms with E-state index >= 15 is 0 Å². The van der Waals surface area contributed by atoms with Gasteiger partial charge in [-0.2, -0.15) is 12.6 Å². The Morgan fingerprint density at radius 3 is 1.97 bits per heavy atom. The van der Waals surface area contributed by atoms with Crippen LogP contribution in [0.3, 0.4) is 0 Å². The van der Waals surface area contributed by atoms with Crippen LogP contribution in [0, 0.1) is 5.92 Å². The lowest BCUT2D eigenvalue weighted by Crippen LogP contribution is -2.49. The molecule has 0 saturated carbocycles. The Bertz CT molecular complexity index is 403. The zero-order valence-corrected chi connectivity index (χ0v) is 23.9. The van der Waals surface area contributed by atoms with Crippen LogP contribution in [0.1, 0.15) is 136 Å². The Morgan fingerprint density at radius 2 is 1.34 bits per heavy atom. The predicted octanol–water partition coefficient (Wildman–Crippen LogP) is 8.98. The van der Waals surface area contributed by atoms with E-state index < -0.39 is 8.56 Å². The standard InChI is InChI=1S/C27H57NO2SSi/c1-4-6-8-10-11-12-13-14-16-18-23-32(29-22-20-26(3)25-28-30-32)24-21-27(31)19-17-15-9-7-5-2/h26-28,31H,4-25H2,1-3H3. The maximum absolute atomic E-state index is 6.55. The van der Waals surface area contributed by atoms with Crippen LogP contribution in [0.4, 0.5) is 0 Å². The Morgan fingerprint density at radius 1 is 0.781 bits per heavy atom. The van der Waals surface area contributed by atoms with E-state index in [0.29, 0.717) is 11.2 Å². The Labute approximate surface area is 208 Å². The van der Waals surface area contributed by atoms with Crippen molar-refractivity contribution in [2.24, 2.45) is 5.92 Å². The van der Waals surface area contributed by atoms with E-state index in [-0.39, 0.29) is 0 Å². The molecule has 0 radical (unpaired) electrons. The van der Waals surface area contributed by atoms with Crippen LogP contribution in [0.15, 0.2) is 0 Å². The number of hydroxylamine groups is 1. The molecule has 192 valence electrons. The van der Waals surface area contributed by atoms with E-state index in [1.807, 2.05) is 0 Å². The Kier molecular flexibility index (Phi) is 19.8. The highest BCUT2D eigenvalue weighted by molar-refractivity contribution is 7.80. The van der Waals surface area contributed by atoms with Gasteiger partial charge in [-0.15, -0.1) is 0 Å². The fourth-order valence-electron chi connectivity index (χ4n) is 4.66. The minimum absolute atomic E-state index is 0.491. The van der Waals surface area contributed by atoms with Gasteiger partial charge in [0.1, 0.15) is 0 Å². The van der Waals surface area contributed by atoms with Crippen molar-refractivity contribution in [3.8, 4) is 0 Å². The van der Waals surface area contributed by atoms with Gasteiger partial charge in [-0.05, 0) is 37.3 Å². The summed E-state index contributed by atoms with van der Waals surface area (Å²) in [5.74, 6) is 0.625. The van der Waals surface area contributed by atoms with Crippen LogP contribution < -0.4 is 5.48 Å². The molecule has 0 amide bonds. The highest BCUT2D eigenvalue weighted by Gasteiger charge is 2.39. The fraction of sp³-hybridized carbons (Fsp3) is 1.00. The SMILES string of the molecule is CCCCCCCCCCCC[Si]1(CCC(S)CCCCCCC)OCCC(C)CNO1. The first kappa shape index (κ1) is 30.5. The molecule has 5 heteroatoms. The monoisotopic (exact) mass is 487 g/mol. The largest absolute Gasteiger partial charge is 0.393 e. The zero-order chi connectivity index (χ0) is 23.3. The summed E-state index contributed by atoms with van der Waals surface area (Å²) in [6.45, 7) is 8.68. The first-order valence-electron chi connectivity index (χ1n) is 14.3. The van der Waals surface area contributed by atoms with Crippen molar-refractivity contribution in [2.45, 2.75) is 154 Å². The molecule has 0 aliphatic carbocycles. The molecule has 1 heterocycles. The lowest BCUT2D eigenvalue weighted by molar-refractivity contribution is 0.0681. The highest BCUT2D eigenvalue weighted by atomic mass is 32.1. The van der Waals surface area contributed by atoms with E-state index in [0.717, 1.165) is 38.1 Å².